The molecule has 0 fully saturated rings. The topological polar surface area (TPSA) is 110 Å². The van der Waals surface area contributed by atoms with Crippen LogP contribution in [0.1, 0.15) is 19.1 Å². The fraction of sp³-hybridized carbons (Fsp3) is 0.300. The summed E-state index contributed by atoms with van der Waals surface area (Å²) in [5, 5.41) is 6.26. The van der Waals surface area contributed by atoms with Crippen molar-refractivity contribution in [2.24, 2.45) is 10.8 Å². The lowest BCUT2D eigenvalue weighted by molar-refractivity contribution is -0.120. The molecule has 1 aromatic heterocycles. The van der Waals surface area contributed by atoms with E-state index in [1.165, 1.54) is 6.26 Å². The van der Waals surface area contributed by atoms with Gasteiger partial charge in [0.2, 0.25) is 5.91 Å². The van der Waals surface area contributed by atoms with E-state index in [1.54, 1.807) is 19.1 Å². The number of nitrogens with one attached hydrogen (secondary N) is 2. The van der Waals surface area contributed by atoms with Gasteiger partial charge in [-0.05, 0) is 19.1 Å². The van der Waals surface area contributed by atoms with Gasteiger partial charge in [0, 0.05) is 5.71 Å². The highest BCUT2D eigenvalue weighted by molar-refractivity contribution is 6.00. The maximum absolute atomic E-state index is 11.4. The SMILES string of the molecule is C/C(CC(=O)NCc1ccco1)=N/NC(N)=O. The van der Waals surface area contributed by atoms with Gasteiger partial charge < -0.3 is 15.5 Å². The van der Waals surface area contributed by atoms with Crippen LogP contribution in [0.4, 0.5) is 4.79 Å². The van der Waals surface area contributed by atoms with E-state index >= 15 is 0 Å². The van der Waals surface area contributed by atoms with E-state index in [2.05, 4.69) is 10.4 Å². The zero-order chi connectivity index (χ0) is 12.7. The second-order valence-corrected chi connectivity index (χ2v) is 3.36. The molecule has 1 aromatic rings. The molecule has 0 saturated heterocycles. The van der Waals surface area contributed by atoms with Crippen molar-refractivity contribution in [3.05, 3.63) is 24.2 Å². The van der Waals surface area contributed by atoms with Crippen molar-refractivity contribution in [1.82, 2.24) is 10.7 Å². The van der Waals surface area contributed by atoms with Gasteiger partial charge in [0.25, 0.3) is 0 Å². The highest BCUT2D eigenvalue weighted by Crippen LogP contribution is 1.98. The van der Waals surface area contributed by atoms with Crippen LogP contribution in [0.3, 0.4) is 0 Å². The lowest BCUT2D eigenvalue weighted by Gasteiger charge is -2.03. The van der Waals surface area contributed by atoms with Crippen LogP contribution in [-0.2, 0) is 11.3 Å². The third-order valence-corrected chi connectivity index (χ3v) is 1.81. The normalized spacial score (nSPS) is 11.0. The van der Waals surface area contributed by atoms with Crippen molar-refractivity contribution >= 4 is 17.6 Å². The maximum atomic E-state index is 11.4. The number of amides is 3. The highest BCUT2D eigenvalue weighted by atomic mass is 16.3. The summed E-state index contributed by atoms with van der Waals surface area (Å²) in [4.78, 5) is 21.8. The first-order valence-electron chi connectivity index (χ1n) is 4.95. The van der Waals surface area contributed by atoms with Crippen LogP contribution in [0, 0.1) is 0 Å². The van der Waals surface area contributed by atoms with Crippen LogP contribution in [0.2, 0.25) is 0 Å². The standard InChI is InChI=1S/C10H14N4O3/c1-7(13-14-10(11)16)5-9(15)12-6-8-3-2-4-17-8/h2-4H,5-6H2,1H3,(H,12,15)(H3,11,14,16)/b13-7-. The molecule has 0 spiro atoms. The molecule has 0 atom stereocenters. The molecule has 3 amide bonds. The van der Waals surface area contributed by atoms with Crippen LogP contribution in [0.25, 0.3) is 0 Å². The molecule has 92 valence electrons. The number of rotatable bonds is 5. The average Bonchev–Trinajstić information content (AvgIpc) is 2.76. The maximum Gasteiger partial charge on any atom is 0.332 e. The number of furan rings is 1. The number of carbonyl (C=O) groups excluding carboxylic acids is 2. The highest BCUT2D eigenvalue weighted by Gasteiger charge is 2.04. The molecule has 0 aliphatic carbocycles. The van der Waals surface area contributed by atoms with Crippen LogP contribution in [0.5, 0.6) is 0 Å². The lowest BCUT2D eigenvalue weighted by atomic mass is 10.3. The fourth-order valence-electron chi connectivity index (χ4n) is 1.08. The minimum atomic E-state index is -0.764. The van der Waals surface area contributed by atoms with Crippen LogP contribution in [-0.4, -0.2) is 17.6 Å². The van der Waals surface area contributed by atoms with E-state index in [0.717, 1.165) is 0 Å². The van der Waals surface area contributed by atoms with Gasteiger partial charge in [-0.3, -0.25) is 4.79 Å². The van der Waals surface area contributed by atoms with Crippen molar-refractivity contribution < 1.29 is 14.0 Å². The Bertz CT molecular complexity index is 411. The number of primary amides is 1. The Morgan fingerprint density at radius 2 is 2.29 bits per heavy atom. The predicted octanol–water partition coefficient (Wildman–Crippen LogP) is 0.330. The monoisotopic (exact) mass is 238 g/mol. The second-order valence-electron chi connectivity index (χ2n) is 3.36. The van der Waals surface area contributed by atoms with Crippen molar-refractivity contribution in [3.8, 4) is 0 Å². The van der Waals surface area contributed by atoms with Gasteiger partial charge >= 0.3 is 6.03 Å². The van der Waals surface area contributed by atoms with Crippen molar-refractivity contribution in [2.45, 2.75) is 19.9 Å². The van der Waals surface area contributed by atoms with Gasteiger partial charge in [-0.2, -0.15) is 5.10 Å². The zero-order valence-electron chi connectivity index (χ0n) is 9.40. The summed E-state index contributed by atoms with van der Waals surface area (Å²) in [6, 6.07) is 2.74. The summed E-state index contributed by atoms with van der Waals surface area (Å²) in [7, 11) is 0. The molecule has 0 radical (unpaired) electrons. The Labute approximate surface area is 98.0 Å². The summed E-state index contributed by atoms with van der Waals surface area (Å²) in [5.74, 6) is 0.456. The smallest absolute Gasteiger partial charge is 0.332 e. The predicted molar refractivity (Wildman–Crippen MR) is 61.0 cm³/mol. The summed E-state index contributed by atoms with van der Waals surface area (Å²) in [6.45, 7) is 1.94. The summed E-state index contributed by atoms with van der Waals surface area (Å²) in [5.41, 5.74) is 7.33. The molecule has 0 aliphatic rings. The quantitative estimate of drug-likeness (QED) is 0.507. The zero-order valence-corrected chi connectivity index (χ0v) is 9.40. The molecule has 0 unspecified atom stereocenters. The third kappa shape index (κ3) is 5.36. The lowest BCUT2D eigenvalue weighted by Crippen LogP contribution is -2.28. The molecule has 1 heterocycles. The van der Waals surface area contributed by atoms with Gasteiger partial charge in [-0.25, -0.2) is 10.2 Å². The van der Waals surface area contributed by atoms with Crippen molar-refractivity contribution in [3.63, 3.8) is 0 Å². The Balaban J connectivity index is 2.29. The molecule has 17 heavy (non-hydrogen) atoms. The van der Waals surface area contributed by atoms with Crippen molar-refractivity contribution in [2.75, 3.05) is 0 Å². The number of hydrazone groups is 1. The first kappa shape index (κ1) is 12.8. The molecule has 1 rings (SSSR count). The number of hydrogen-bond donors (Lipinski definition) is 3. The minimum absolute atomic E-state index is 0.0843. The van der Waals surface area contributed by atoms with E-state index < -0.39 is 6.03 Å². The Morgan fingerprint density at radius 1 is 1.53 bits per heavy atom. The minimum Gasteiger partial charge on any atom is -0.467 e. The van der Waals surface area contributed by atoms with E-state index in [-0.39, 0.29) is 12.3 Å². The summed E-state index contributed by atoms with van der Waals surface area (Å²) >= 11 is 0. The fourth-order valence-corrected chi connectivity index (χ4v) is 1.08. The number of nitrogens with two attached hydrogens (primary N) is 1. The Kier molecular flexibility index (Phi) is 4.74. The van der Waals surface area contributed by atoms with Gasteiger partial charge in [0.05, 0.1) is 19.2 Å². The molecular formula is C10H14N4O3. The van der Waals surface area contributed by atoms with Crippen LogP contribution in [0.15, 0.2) is 27.9 Å². The molecule has 0 aromatic carbocycles. The number of nitrogens with zero attached hydrogens (tertiary/aromatic N) is 1. The molecular weight excluding hydrogens is 224 g/mol. The Hall–Kier alpha value is -2.31. The number of carbonyl (C=O) groups is 2. The molecule has 0 aliphatic heterocycles. The van der Waals surface area contributed by atoms with Crippen LogP contribution >= 0.6 is 0 Å². The molecule has 0 saturated carbocycles. The average molecular weight is 238 g/mol. The second kappa shape index (κ2) is 6.31. The van der Waals surface area contributed by atoms with Gasteiger partial charge in [-0.1, -0.05) is 0 Å². The van der Waals surface area contributed by atoms with E-state index in [4.69, 9.17) is 10.2 Å². The van der Waals surface area contributed by atoms with Crippen LogP contribution < -0.4 is 16.5 Å². The summed E-state index contributed by atoms with van der Waals surface area (Å²) in [6.07, 6.45) is 1.62. The first-order chi connectivity index (χ1) is 8.08. The largest absolute Gasteiger partial charge is 0.467 e. The van der Waals surface area contributed by atoms with E-state index in [0.29, 0.717) is 18.0 Å². The molecule has 4 N–H and O–H groups in total. The van der Waals surface area contributed by atoms with Gasteiger partial charge in [0.1, 0.15) is 5.76 Å². The Morgan fingerprint density at radius 3 is 2.88 bits per heavy atom. The number of urea groups is 1. The third-order valence-electron chi connectivity index (χ3n) is 1.81. The van der Waals surface area contributed by atoms with Crippen molar-refractivity contribution in [1.29, 1.82) is 0 Å². The first-order valence-corrected chi connectivity index (χ1v) is 4.95. The van der Waals surface area contributed by atoms with Gasteiger partial charge in [-0.15, -0.1) is 0 Å². The van der Waals surface area contributed by atoms with Gasteiger partial charge in [0.15, 0.2) is 0 Å². The molecule has 7 heteroatoms. The summed E-state index contributed by atoms with van der Waals surface area (Å²) < 4.78 is 5.05. The molecule has 7 nitrogen and oxygen atoms in total. The number of hydrogen-bond acceptors (Lipinski definition) is 4. The molecule has 0 bridgehead atoms. The van der Waals surface area contributed by atoms with E-state index in [9.17, 15) is 9.59 Å². The van der Waals surface area contributed by atoms with E-state index in [1.807, 2.05) is 5.43 Å².